The molecule has 0 spiro atoms. The Morgan fingerprint density at radius 2 is 2.00 bits per heavy atom. The fourth-order valence-corrected chi connectivity index (χ4v) is 2.71. The molecular formula is C11H18N2O. The standard InChI is InChI=1S/C11H18N2O/c14-11(9-1-2-9)8-13-6-5-12-4-3-10(13)7-12/h9-10H,1-8H2. The van der Waals surface area contributed by atoms with Crippen LogP contribution in [-0.4, -0.2) is 54.3 Å². The second-order valence-electron chi connectivity index (χ2n) is 4.95. The van der Waals surface area contributed by atoms with Crippen molar-refractivity contribution >= 4 is 5.78 Å². The van der Waals surface area contributed by atoms with Gasteiger partial charge in [0.05, 0.1) is 6.54 Å². The van der Waals surface area contributed by atoms with E-state index >= 15 is 0 Å². The molecule has 2 unspecified atom stereocenters. The van der Waals surface area contributed by atoms with Crippen LogP contribution in [0.2, 0.25) is 0 Å². The van der Waals surface area contributed by atoms with Gasteiger partial charge in [-0.1, -0.05) is 0 Å². The third kappa shape index (κ3) is 1.59. The molecule has 2 aliphatic heterocycles. The van der Waals surface area contributed by atoms with E-state index in [0.717, 1.165) is 25.9 Å². The number of piperazine rings is 1. The lowest BCUT2D eigenvalue weighted by Gasteiger charge is -2.33. The van der Waals surface area contributed by atoms with E-state index < -0.39 is 0 Å². The van der Waals surface area contributed by atoms with Gasteiger partial charge in [0.2, 0.25) is 0 Å². The van der Waals surface area contributed by atoms with E-state index in [1.165, 1.54) is 26.1 Å². The molecule has 0 aromatic carbocycles. The molecule has 78 valence electrons. The van der Waals surface area contributed by atoms with Gasteiger partial charge in [0.1, 0.15) is 5.78 Å². The Morgan fingerprint density at radius 1 is 1.14 bits per heavy atom. The fourth-order valence-electron chi connectivity index (χ4n) is 2.71. The van der Waals surface area contributed by atoms with Gasteiger partial charge in [0.25, 0.3) is 0 Å². The zero-order valence-corrected chi connectivity index (χ0v) is 8.61. The highest BCUT2D eigenvalue weighted by Gasteiger charge is 2.36. The largest absolute Gasteiger partial charge is 0.300 e. The SMILES string of the molecule is O=C(CN1CCN2CCC1C2)C1CC1. The maximum atomic E-state index is 11.7. The highest BCUT2D eigenvalue weighted by atomic mass is 16.1. The zero-order valence-electron chi connectivity index (χ0n) is 8.61. The molecule has 14 heavy (non-hydrogen) atoms. The van der Waals surface area contributed by atoms with Crippen LogP contribution in [0.4, 0.5) is 0 Å². The van der Waals surface area contributed by atoms with Gasteiger partial charge in [-0.2, -0.15) is 0 Å². The quantitative estimate of drug-likeness (QED) is 0.648. The van der Waals surface area contributed by atoms with Crippen LogP contribution in [-0.2, 0) is 4.79 Å². The Balaban J connectivity index is 1.58. The van der Waals surface area contributed by atoms with Crippen molar-refractivity contribution < 1.29 is 4.79 Å². The third-order valence-corrected chi connectivity index (χ3v) is 3.86. The Labute approximate surface area is 85.1 Å². The molecule has 3 aliphatic rings. The average Bonchev–Trinajstić information content (AvgIpc) is 2.96. The summed E-state index contributed by atoms with van der Waals surface area (Å²) < 4.78 is 0. The molecule has 3 heteroatoms. The third-order valence-electron chi connectivity index (χ3n) is 3.86. The topological polar surface area (TPSA) is 23.6 Å². The highest BCUT2D eigenvalue weighted by molar-refractivity contribution is 5.85. The van der Waals surface area contributed by atoms with Crippen molar-refractivity contribution in [1.29, 1.82) is 0 Å². The maximum Gasteiger partial charge on any atom is 0.149 e. The summed E-state index contributed by atoms with van der Waals surface area (Å²) in [5.41, 5.74) is 0. The molecular weight excluding hydrogens is 176 g/mol. The number of carbonyl (C=O) groups excluding carboxylic acids is 1. The second kappa shape index (κ2) is 3.31. The molecule has 2 heterocycles. The lowest BCUT2D eigenvalue weighted by Crippen LogP contribution is -2.48. The molecule has 3 nitrogen and oxygen atoms in total. The summed E-state index contributed by atoms with van der Waals surface area (Å²) in [7, 11) is 0. The molecule has 0 amide bonds. The number of Topliss-reactive ketones (excluding diaryl/α,β-unsaturated/α-hetero) is 1. The zero-order chi connectivity index (χ0) is 9.54. The van der Waals surface area contributed by atoms with Crippen molar-refractivity contribution in [2.75, 3.05) is 32.7 Å². The summed E-state index contributed by atoms with van der Waals surface area (Å²) in [6.45, 7) is 5.48. The lowest BCUT2D eigenvalue weighted by molar-refractivity contribution is -0.122. The molecule has 3 rings (SSSR count). The van der Waals surface area contributed by atoms with Crippen LogP contribution in [0.15, 0.2) is 0 Å². The summed E-state index contributed by atoms with van der Waals surface area (Å²) in [5, 5.41) is 0. The summed E-state index contributed by atoms with van der Waals surface area (Å²) >= 11 is 0. The monoisotopic (exact) mass is 194 g/mol. The van der Waals surface area contributed by atoms with Crippen LogP contribution in [0.5, 0.6) is 0 Å². The van der Waals surface area contributed by atoms with Gasteiger partial charge in [0.15, 0.2) is 0 Å². The smallest absolute Gasteiger partial charge is 0.149 e. The number of nitrogens with zero attached hydrogens (tertiary/aromatic N) is 2. The molecule has 0 N–H and O–H groups in total. The van der Waals surface area contributed by atoms with Crippen molar-refractivity contribution in [3.63, 3.8) is 0 Å². The van der Waals surface area contributed by atoms with E-state index in [1.807, 2.05) is 0 Å². The molecule has 0 aromatic rings. The lowest BCUT2D eigenvalue weighted by atomic mass is 10.1. The van der Waals surface area contributed by atoms with Crippen molar-refractivity contribution in [1.82, 2.24) is 9.80 Å². The number of hydrogen-bond acceptors (Lipinski definition) is 3. The van der Waals surface area contributed by atoms with Crippen molar-refractivity contribution in [3.05, 3.63) is 0 Å². The van der Waals surface area contributed by atoms with E-state index in [-0.39, 0.29) is 0 Å². The molecule has 3 fully saturated rings. The van der Waals surface area contributed by atoms with Gasteiger partial charge in [-0.25, -0.2) is 0 Å². The molecule has 1 saturated carbocycles. The first-order chi connectivity index (χ1) is 6.83. The van der Waals surface area contributed by atoms with Crippen LogP contribution in [0, 0.1) is 5.92 Å². The first-order valence-corrected chi connectivity index (χ1v) is 5.82. The Bertz CT molecular complexity index is 250. The van der Waals surface area contributed by atoms with Gasteiger partial charge in [0, 0.05) is 31.6 Å². The van der Waals surface area contributed by atoms with Gasteiger partial charge in [-0.3, -0.25) is 9.69 Å². The normalized spacial score (nSPS) is 37.4. The Hall–Kier alpha value is -0.410. The molecule has 2 atom stereocenters. The van der Waals surface area contributed by atoms with Crippen LogP contribution >= 0.6 is 0 Å². The number of carbonyl (C=O) groups is 1. The highest BCUT2D eigenvalue weighted by Crippen LogP contribution is 2.31. The summed E-state index contributed by atoms with van der Waals surface area (Å²) in [4.78, 5) is 16.6. The number of hydrogen-bond donors (Lipinski definition) is 0. The predicted molar refractivity (Wildman–Crippen MR) is 54.1 cm³/mol. The van der Waals surface area contributed by atoms with Crippen LogP contribution < -0.4 is 0 Å². The minimum absolute atomic E-state index is 0.439. The van der Waals surface area contributed by atoms with Crippen molar-refractivity contribution in [2.45, 2.75) is 25.3 Å². The molecule has 2 saturated heterocycles. The predicted octanol–water partition coefficient (Wildman–Crippen LogP) is 0.355. The van der Waals surface area contributed by atoms with Gasteiger partial charge < -0.3 is 4.90 Å². The van der Waals surface area contributed by atoms with Gasteiger partial charge >= 0.3 is 0 Å². The van der Waals surface area contributed by atoms with E-state index in [9.17, 15) is 4.79 Å². The molecule has 2 bridgehead atoms. The van der Waals surface area contributed by atoms with E-state index in [4.69, 9.17) is 0 Å². The van der Waals surface area contributed by atoms with Crippen molar-refractivity contribution in [3.8, 4) is 0 Å². The first-order valence-electron chi connectivity index (χ1n) is 5.82. The van der Waals surface area contributed by atoms with Gasteiger partial charge in [-0.15, -0.1) is 0 Å². The summed E-state index contributed by atoms with van der Waals surface area (Å²) in [5.74, 6) is 0.944. The number of ketones is 1. The Morgan fingerprint density at radius 3 is 2.79 bits per heavy atom. The van der Waals surface area contributed by atoms with Gasteiger partial charge in [-0.05, 0) is 25.8 Å². The van der Waals surface area contributed by atoms with Crippen LogP contribution in [0.1, 0.15) is 19.3 Å². The Kier molecular flexibility index (Phi) is 2.10. The number of fused-ring (bicyclic) bond motifs is 2. The second-order valence-corrected chi connectivity index (χ2v) is 4.95. The van der Waals surface area contributed by atoms with E-state index in [2.05, 4.69) is 9.80 Å². The minimum atomic E-state index is 0.439. The average molecular weight is 194 g/mol. The van der Waals surface area contributed by atoms with Crippen LogP contribution in [0.3, 0.4) is 0 Å². The van der Waals surface area contributed by atoms with E-state index in [1.54, 1.807) is 0 Å². The maximum absolute atomic E-state index is 11.7. The molecule has 0 aromatic heterocycles. The number of rotatable bonds is 3. The van der Waals surface area contributed by atoms with Crippen LogP contribution in [0.25, 0.3) is 0 Å². The summed E-state index contributed by atoms with van der Waals surface area (Å²) in [6, 6.07) is 0.687. The van der Waals surface area contributed by atoms with E-state index in [0.29, 0.717) is 17.7 Å². The minimum Gasteiger partial charge on any atom is -0.300 e. The molecule has 0 radical (unpaired) electrons. The first kappa shape index (κ1) is 8.86. The van der Waals surface area contributed by atoms with Crippen molar-refractivity contribution in [2.24, 2.45) is 5.92 Å². The fraction of sp³-hybridized carbons (Fsp3) is 0.909. The summed E-state index contributed by atoms with van der Waals surface area (Å²) in [6.07, 6.45) is 3.59. The molecule has 1 aliphatic carbocycles.